The fourth-order valence-electron chi connectivity index (χ4n) is 1.42. The van der Waals surface area contributed by atoms with Crippen LogP contribution in [-0.2, 0) is 12.4 Å². The minimum absolute atomic E-state index is 0.605. The Balaban J connectivity index is 1.94. The molecule has 1 radical (unpaired) electrons. The molecule has 81 valence electrons. The number of benzene rings is 2. The standard InChI is InChI=1S/C14H13OS/c16-11-13-6-8-14(9-7-13)15-10-12-4-2-1-3-5-12/h1-9H,10-11H2. The first-order valence-electron chi connectivity index (χ1n) is 5.22. The van der Waals surface area contributed by atoms with Gasteiger partial charge in [0, 0.05) is 5.75 Å². The quantitative estimate of drug-likeness (QED) is 0.771. The third-order valence-electron chi connectivity index (χ3n) is 2.34. The summed E-state index contributed by atoms with van der Waals surface area (Å²) >= 11 is 4.96. The van der Waals surface area contributed by atoms with Gasteiger partial charge in [0.1, 0.15) is 12.4 Å². The smallest absolute Gasteiger partial charge is 0.119 e. The molecule has 1 nitrogen and oxygen atoms in total. The summed E-state index contributed by atoms with van der Waals surface area (Å²) in [4.78, 5) is 0. The summed E-state index contributed by atoms with van der Waals surface area (Å²) in [5.41, 5.74) is 2.33. The average molecular weight is 229 g/mol. The molecule has 2 aromatic rings. The molecule has 0 saturated carbocycles. The highest BCUT2D eigenvalue weighted by Gasteiger charge is 1.95. The fraction of sp³-hybridized carbons (Fsp3) is 0.143. The second-order valence-electron chi connectivity index (χ2n) is 3.56. The van der Waals surface area contributed by atoms with E-state index in [0.717, 1.165) is 11.3 Å². The Morgan fingerprint density at radius 1 is 0.812 bits per heavy atom. The maximum atomic E-state index is 5.66. The Morgan fingerprint density at radius 3 is 2.12 bits per heavy atom. The van der Waals surface area contributed by atoms with Crippen molar-refractivity contribution in [3.63, 3.8) is 0 Å². The van der Waals surface area contributed by atoms with E-state index < -0.39 is 0 Å². The number of ether oxygens (including phenoxy) is 1. The van der Waals surface area contributed by atoms with Crippen LogP contribution in [0.3, 0.4) is 0 Å². The van der Waals surface area contributed by atoms with E-state index in [1.807, 2.05) is 42.5 Å². The van der Waals surface area contributed by atoms with Crippen LogP contribution in [0, 0.1) is 0 Å². The summed E-state index contributed by atoms with van der Waals surface area (Å²) in [6.45, 7) is 0.605. The van der Waals surface area contributed by atoms with Crippen molar-refractivity contribution in [2.45, 2.75) is 12.4 Å². The van der Waals surface area contributed by atoms with Crippen molar-refractivity contribution in [2.24, 2.45) is 0 Å². The lowest BCUT2D eigenvalue weighted by molar-refractivity contribution is 0.306. The fourth-order valence-corrected chi connectivity index (χ4v) is 1.62. The predicted molar refractivity (Wildman–Crippen MR) is 68.5 cm³/mol. The van der Waals surface area contributed by atoms with E-state index in [2.05, 4.69) is 12.1 Å². The van der Waals surface area contributed by atoms with E-state index in [4.69, 9.17) is 17.4 Å². The first-order chi connectivity index (χ1) is 7.88. The molecule has 0 fully saturated rings. The van der Waals surface area contributed by atoms with Gasteiger partial charge in [-0.15, -0.1) is 0 Å². The molecule has 0 N–H and O–H groups in total. The van der Waals surface area contributed by atoms with Crippen LogP contribution in [0.25, 0.3) is 0 Å². The maximum Gasteiger partial charge on any atom is 0.119 e. The van der Waals surface area contributed by atoms with Crippen LogP contribution in [0.15, 0.2) is 54.6 Å². The van der Waals surface area contributed by atoms with Gasteiger partial charge >= 0.3 is 0 Å². The molecule has 0 aromatic heterocycles. The summed E-state index contributed by atoms with van der Waals surface area (Å²) in [7, 11) is 0. The topological polar surface area (TPSA) is 9.23 Å². The zero-order valence-electron chi connectivity index (χ0n) is 8.93. The van der Waals surface area contributed by atoms with Crippen LogP contribution in [0.4, 0.5) is 0 Å². The first kappa shape index (κ1) is 11.1. The molecule has 0 spiro atoms. The average Bonchev–Trinajstić information content (AvgIpc) is 2.38. The normalized spacial score (nSPS) is 10.1. The molecule has 2 heteroatoms. The summed E-state index contributed by atoms with van der Waals surface area (Å²) in [6.07, 6.45) is 0. The van der Waals surface area contributed by atoms with Crippen LogP contribution < -0.4 is 4.74 Å². The van der Waals surface area contributed by atoms with Crippen LogP contribution >= 0.6 is 12.6 Å². The first-order valence-corrected chi connectivity index (χ1v) is 5.80. The van der Waals surface area contributed by atoms with Gasteiger partial charge in [-0.1, -0.05) is 55.1 Å². The zero-order chi connectivity index (χ0) is 11.2. The van der Waals surface area contributed by atoms with Crippen molar-refractivity contribution in [2.75, 3.05) is 0 Å². The highest BCUT2D eigenvalue weighted by atomic mass is 32.1. The van der Waals surface area contributed by atoms with Gasteiger partial charge in [-0.2, -0.15) is 0 Å². The van der Waals surface area contributed by atoms with E-state index in [-0.39, 0.29) is 0 Å². The summed E-state index contributed by atoms with van der Waals surface area (Å²) in [5, 5.41) is 0. The monoisotopic (exact) mass is 229 g/mol. The van der Waals surface area contributed by atoms with Crippen molar-refractivity contribution in [3.05, 3.63) is 65.7 Å². The second kappa shape index (κ2) is 5.61. The van der Waals surface area contributed by atoms with Gasteiger partial charge in [-0.25, -0.2) is 0 Å². The van der Waals surface area contributed by atoms with E-state index in [1.165, 1.54) is 5.56 Å². The lowest BCUT2D eigenvalue weighted by Crippen LogP contribution is -1.94. The van der Waals surface area contributed by atoms with Crippen molar-refractivity contribution in [1.82, 2.24) is 0 Å². The molecule has 2 rings (SSSR count). The Morgan fingerprint density at radius 2 is 1.50 bits per heavy atom. The molecule has 0 bridgehead atoms. The van der Waals surface area contributed by atoms with Gasteiger partial charge in [-0.3, -0.25) is 0 Å². The van der Waals surface area contributed by atoms with Gasteiger partial charge in [0.2, 0.25) is 0 Å². The molecule has 16 heavy (non-hydrogen) atoms. The zero-order valence-corrected chi connectivity index (χ0v) is 9.74. The molecule has 0 amide bonds. The van der Waals surface area contributed by atoms with Crippen molar-refractivity contribution in [1.29, 1.82) is 0 Å². The molecule has 0 aliphatic rings. The SMILES string of the molecule is [S]Cc1ccc(OCc2ccccc2)cc1. The number of rotatable bonds is 4. The third kappa shape index (κ3) is 3.04. The van der Waals surface area contributed by atoms with Gasteiger partial charge in [-0.05, 0) is 23.3 Å². The molecule has 2 aromatic carbocycles. The Bertz CT molecular complexity index is 422. The van der Waals surface area contributed by atoms with Crippen molar-refractivity contribution < 1.29 is 4.74 Å². The summed E-state index contributed by atoms with van der Waals surface area (Å²) in [6, 6.07) is 18.1. The van der Waals surface area contributed by atoms with Crippen molar-refractivity contribution in [3.8, 4) is 5.75 Å². The van der Waals surface area contributed by atoms with E-state index >= 15 is 0 Å². The summed E-state index contributed by atoms with van der Waals surface area (Å²) < 4.78 is 5.66. The van der Waals surface area contributed by atoms with Gasteiger partial charge in [0.05, 0.1) is 0 Å². The molecule has 0 aliphatic heterocycles. The molecule has 0 atom stereocenters. The highest BCUT2D eigenvalue weighted by molar-refractivity contribution is 7.79. The second-order valence-corrected chi connectivity index (χ2v) is 3.85. The van der Waals surface area contributed by atoms with Gasteiger partial charge < -0.3 is 4.74 Å². The lowest BCUT2D eigenvalue weighted by atomic mass is 10.2. The highest BCUT2D eigenvalue weighted by Crippen LogP contribution is 2.15. The predicted octanol–water partition coefficient (Wildman–Crippen LogP) is 3.96. The minimum atomic E-state index is 0.605. The minimum Gasteiger partial charge on any atom is -0.489 e. The lowest BCUT2D eigenvalue weighted by Gasteiger charge is -2.06. The van der Waals surface area contributed by atoms with E-state index in [9.17, 15) is 0 Å². The number of hydrogen-bond donors (Lipinski definition) is 0. The van der Waals surface area contributed by atoms with E-state index in [0.29, 0.717) is 12.4 Å². The molecule has 0 heterocycles. The third-order valence-corrected chi connectivity index (χ3v) is 2.67. The Labute approximate surface area is 101 Å². The van der Waals surface area contributed by atoms with Gasteiger partial charge in [0.25, 0.3) is 0 Å². The van der Waals surface area contributed by atoms with Crippen LogP contribution in [0.2, 0.25) is 0 Å². The van der Waals surface area contributed by atoms with Crippen LogP contribution in [-0.4, -0.2) is 0 Å². The van der Waals surface area contributed by atoms with Crippen LogP contribution in [0.5, 0.6) is 5.75 Å². The molecular weight excluding hydrogens is 216 g/mol. The van der Waals surface area contributed by atoms with Crippen molar-refractivity contribution >= 4 is 12.6 Å². The maximum absolute atomic E-state index is 5.66. The van der Waals surface area contributed by atoms with E-state index in [1.54, 1.807) is 0 Å². The largest absolute Gasteiger partial charge is 0.489 e. The molecule has 0 aliphatic carbocycles. The molecule has 0 saturated heterocycles. The van der Waals surface area contributed by atoms with Crippen LogP contribution in [0.1, 0.15) is 11.1 Å². The van der Waals surface area contributed by atoms with Gasteiger partial charge in [0.15, 0.2) is 0 Å². The Hall–Kier alpha value is -1.41. The number of hydrogen-bond acceptors (Lipinski definition) is 1. The summed E-state index contributed by atoms with van der Waals surface area (Å²) in [5.74, 6) is 1.54. The Kier molecular flexibility index (Phi) is 3.89. The molecule has 0 unspecified atom stereocenters. The molecular formula is C14H13OS.